The third-order valence-corrected chi connectivity index (χ3v) is 7.64. The van der Waals surface area contributed by atoms with Gasteiger partial charge in [0.2, 0.25) is 0 Å². The molecular formula is C26H25NO. The quantitative estimate of drug-likeness (QED) is 0.373. The van der Waals surface area contributed by atoms with E-state index in [1.54, 1.807) is 0 Å². The molecule has 2 bridgehead atoms. The predicted molar refractivity (Wildman–Crippen MR) is 116 cm³/mol. The highest BCUT2D eigenvalue weighted by molar-refractivity contribution is 6.09. The van der Waals surface area contributed by atoms with Gasteiger partial charge in [-0.25, -0.2) is 0 Å². The van der Waals surface area contributed by atoms with Crippen molar-refractivity contribution in [1.29, 1.82) is 0 Å². The molecule has 2 aliphatic rings. The largest absolute Gasteiger partial charge is 0.454 e. The number of fused-ring (bicyclic) bond motifs is 8. The standard InChI is InChI=1S/C26H25NO/c1-16-13-14-19-18-9-5-8-12-22(18)28-24(19)23(16)27-17(2)25(3)15-26(27,4)21-11-7-6-10-20(21)25/h5-14,17H,15H2,1-4H3. The summed E-state index contributed by atoms with van der Waals surface area (Å²) in [5.41, 5.74) is 7.70. The molecule has 1 aliphatic carbocycles. The van der Waals surface area contributed by atoms with Crippen LogP contribution in [0.2, 0.25) is 0 Å². The van der Waals surface area contributed by atoms with E-state index in [0.29, 0.717) is 6.04 Å². The zero-order valence-electron chi connectivity index (χ0n) is 16.9. The van der Waals surface area contributed by atoms with Crippen molar-refractivity contribution in [1.82, 2.24) is 0 Å². The number of nitrogens with zero attached hydrogens (tertiary/aromatic N) is 1. The monoisotopic (exact) mass is 367 g/mol. The van der Waals surface area contributed by atoms with Crippen LogP contribution in [0, 0.1) is 6.92 Å². The Hall–Kier alpha value is -2.74. The van der Waals surface area contributed by atoms with E-state index < -0.39 is 0 Å². The fourth-order valence-corrected chi connectivity index (χ4v) is 6.27. The van der Waals surface area contributed by atoms with Gasteiger partial charge in [0.05, 0.1) is 11.2 Å². The number of para-hydroxylation sites is 1. The second-order valence-corrected chi connectivity index (χ2v) is 9.17. The molecule has 1 fully saturated rings. The number of anilines is 1. The Morgan fingerprint density at radius 2 is 1.61 bits per heavy atom. The summed E-state index contributed by atoms with van der Waals surface area (Å²) in [6.45, 7) is 9.47. The summed E-state index contributed by atoms with van der Waals surface area (Å²) in [5, 5.41) is 2.42. The maximum Gasteiger partial charge on any atom is 0.159 e. The second-order valence-electron chi connectivity index (χ2n) is 9.17. The topological polar surface area (TPSA) is 16.4 Å². The van der Waals surface area contributed by atoms with Crippen LogP contribution >= 0.6 is 0 Å². The lowest BCUT2D eigenvalue weighted by atomic mass is 9.78. The third kappa shape index (κ3) is 1.70. The molecule has 3 atom stereocenters. The minimum atomic E-state index is -0.0111. The number of aryl methyl sites for hydroxylation is 1. The maximum absolute atomic E-state index is 6.46. The molecule has 3 unspecified atom stereocenters. The van der Waals surface area contributed by atoms with E-state index in [9.17, 15) is 0 Å². The van der Waals surface area contributed by atoms with Crippen molar-refractivity contribution in [2.45, 2.75) is 51.1 Å². The van der Waals surface area contributed by atoms with Gasteiger partial charge in [-0.2, -0.15) is 0 Å². The van der Waals surface area contributed by atoms with Crippen LogP contribution < -0.4 is 4.90 Å². The minimum Gasteiger partial charge on any atom is -0.454 e. The molecular weight excluding hydrogens is 342 g/mol. The molecule has 2 heterocycles. The summed E-state index contributed by atoms with van der Waals surface area (Å²) in [5.74, 6) is 0. The average molecular weight is 367 g/mol. The Morgan fingerprint density at radius 3 is 2.43 bits per heavy atom. The van der Waals surface area contributed by atoms with Crippen LogP contribution in [0.25, 0.3) is 21.9 Å². The van der Waals surface area contributed by atoms with Crippen LogP contribution in [0.3, 0.4) is 0 Å². The van der Waals surface area contributed by atoms with Crippen molar-refractivity contribution >= 4 is 27.6 Å². The molecule has 4 aromatic rings. The van der Waals surface area contributed by atoms with Crippen LogP contribution in [0.5, 0.6) is 0 Å². The van der Waals surface area contributed by atoms with Gasteiger partial charge in [-0.05, 0) is 49.9 Å². The van der Waals surface area contributed by atoms with Crippen LogP contribution in [0.1, 0.15) is 43.9 Å². The first-order valence-electron chi connectivity index (χ1n) is 10.3. The molecule has 28 heavy (non-hydrogen) atoms. The Labute approximate surface area is 165 Å². The highest BCUT2D eigenvalue weighted by Gasteiger charge is 2.62. The number of hydrogen-bond donors (Lipinski definition) is 0. The van der Waals surface area contributed by atoms with Gasteiger partial charge in [-0.3, -0.25) is 0 Å². The highest BCUT2D eigenvalue weighted by Crippen LogP contribution is 2.62. The van der Waals surface area contributed by atoms with E-state index >= 15 is 0 Å². The number of furan rings is 1. The minimum absolute atomic E-state index is 0.0111. The molecule has 3 aromatic carbocycles. The summed E-state index contributed by atoms with van der Waals surface area (Å²) in [7, 11) is 0. The lowest BCUT2D eigenvalue weighted by molar-refractivity contribution is 0.449. The van der Waals surface area contributed by atoms with Crippen LogP contribution in [0.4, 0.5) is 5.69 Å². The van der Waals surface area contributed by atoms with E-state index in [1.165, 1.54) is 33.2 Å². The smallest absolute Gasteiger partial charge is 0.159 e. The van der Waals surface area contributed by atoms with E-state index in [1.807, 2.05) is 0 Å². The van der Waals surface area contributed by atoms with Gasteiger partial charge < -0.3 is 9.32 Å². The van der Waals surface area contributed by atoms with Gasteiger partial charge in [-0.1, -0.05) is 61.5 Å². The summed E-state index contributed by atoms with van der Waals surface area (Å²) < 4.78 is 6.46. The second kappa shape index (κ2) is 5.00. The predicted octanol–water partition coefficient (Wildman–Crippen LogP) is 6.68. The van der Waals surface area contributed by atoms with Crippen LogP contribution in [0.15, 0.2) is 65.1 Å². The van der Waals surface area contributed by atoms with Crippen LogP contribution in [-0.4, -0.2) is 6.04 Å². The average Bonchev–Trinajstić information content (AvgIpc) is 3.25. The molecule has 140 valence electrons. The molecule has 0 amide bonds. The Balaban J connectivity index is 1.68. The van der Waals surface area contributed by atoms with E-state index in [0.717, 1.165) is 17.6 Å². The number of benzene rings is 3. The zero-order chi connectivity index (χ0) is 19.3. The van der Waals surface area contributed by atoms with Gasteiger partial charge in [0.15, 0.2) is 5.58 Å². The molecule has 0 spiro atoms. The summed E-state index contributed by atoms with van der Waals surface area (Å²) >= 11 is 0. The molecule has 0 radical (unpaired) electrons. The van der Waals surface area contributed by atoms with E-state index in [4.69, 9.17) is 4.42 Å². The lowest BCUT2D eigenvalue weighted by Gasteiger charge is -2.45. The first-order chi connectivity index (χ1) is 13.4. The van der Waals surface area contributed by atoms with E-state index in [2.05, 4.69) is 93.3 Å². The van der Waals surface area contributed by atoms with Gasteiger partial charge in [0, 0.05) is 22.2 Å². The summed E-state index contributed by atoms with van der Waals surface area (Å²) in [6, 6.07) is 22.3. The molecule has 0 saturated carbocycles. The Bertz CT molecular complexity index is 1270. The molecule has 1 aromatic heterocycles. The van der Waals surface area contributed by atoms with Crippen molar-refractivity contribution < 1.29 is 4.42 Å². The van der Waals surface area contributed by atoms with Crippen molar-refractivity contribution in [3.8, 4) is 0 Å². The van der Waals surface area contributed by atoms with E-state index in [-0.39, 0.29) is 11.0 Å². The molecule has 6 rings (SSSR count). The highest BCUT2D eigenvalue weighted by atomic mass is 16.3. The molecule has 0 N–H and O–H groups in total. The Kier molecular flexibility index (Phi) is 2.90. The van der Waals surface area contributed by atoms with Crippen molar-refractivity contribution in [2.24, 2.45) is 0 Å². The summed E-state index contributed by atoms with van der Waals surface area (Å²) in [4.78, 5) is 2.66. The van der Waals surface area contributed by atoms with Gasteiger partial charge >= 0.3 is 0 Å². The summed E-state index contributed by atoms with van der Waals surface area (Å²) in [6.07, 6.45) is 1.15. The number of hydrogen-bond acceptors (Lipinski definition) is 2. The third-order valence-electron chi connectivity index (χ3n) is 7.64. The number of rotatable bonds is 1. The van der Waals surface area contributed by atoms with Crippen molar-refractivity contribution in [2.75, 3.05) is 4.90 Å². The SMILES string of the molecule is Cc1ccc2c(oc3ccccc32)c1N1C(C)C2(C)CC1(C)c1ccccc12. The molecule has 1 saturated heterocycles. The van der Waals surface area contributed by atoms with Gasteiger partial charge in [0.1, 0.15) is 5.58 Å². The molecule has 2 nitrogen and oxygen atoms in total. The van der Waals surface area contributed by atoms with Gasteiger partial charge in [-0.15, -0.1) is 0 Å². The molecule has 2 heteroatoms. The van der Waals surface area contributed by atoms with Crippen LogP contribution in [-0.2, 0) is 11.0 Å². The lowest BCUT2D eigenvalue weighted by Crippen LogP contribution is -2.49. The zero-order valence-corrected chi connectivity index (χ0v) is 16.9. The first kappa shape index (κ1) is 16.2. The molecule has 1 aliphatic heterocycles. The fourth-order valence-electron chi connectivity index (χ4n) is 6.27. The maximum atomic E-state index is 6.46. The fraction of sp³-hybridized carbons (Fsp3) is 0.308. The van der Waals surface area contributed by atoms with Crippen molar-refractivity contribution in [3.63, 3.8) is 0 Å². The first-order valence-corrected chi connectivity index (χ1v) is 10.3. The van der Waals surface area contributed by atoms with Gasteiger partial charge in [0.25, 0.3) is 0 Å². The van der Waals surface area contributed by atoms with Crippen molar-refractivity contribution in [3.05, 3.63) is 77.4 Å². The normalized spacial score (nSPS) is 28.4. The Morgan fingerprint density at radius 1 is 0.893 bits per heavy atom.